The number of imidazole rings is 1. The lowest BCUT2D eigenvalue weighted by Gasteiger charge is -2.23. The molecule has 2 aromatic heterocycles. The van der Waals surface area contributed by atoms with Crippen LogP contribution in [0.4, 0.5) is 11.4 Å². The molecule has 2 aromatic carbocycles. The van der Waals surface area contributed by atoms with Gasteiger partial charge in [0.15, 0.2) is 5.82 Å². The van der Waals surface area contributed by atoms with Crippen LogP contribution in [0, 0.1) is 5.41 Å². The summed E-state index contributed by atoms with van der Waals surface area (Å²) < 4.78 is 1.89. The average Bonchev–Trinajstić information content (AvgIpc) is 3.55. The van der Waals surface area contributed by atoms with Gasteiger partial charge in [-0.3, -0.25) is 15.0 Å². The molecule has 2 amide bonds. The van der Waals surface area contributed by atoms with Gasteiger partial charge in [0, 0.05) is 68.7 Å². The Balaban J connectivity index is 0.00000506. The number of rotatable bonds is 15. The van der Waals surface area contributed by atoms with Gasteiger partial charge in [0.1, 0.15) is 0 Å². The Hall–Kier alpha value is -3.73. The number of alkyl halides is 2. The molecule has 0 atom stereocenters. The molecule has 230 valence electrons. The van der Waals surface area contributed by atoms with E-state index in [1.54, 1.807) is 18.2 Å². The Morgan fingerprint density at radius 1 is 1.07 bits per heavy atom. The largest absolute Gasteiger partial charge is 0.388 e. The van der Waals surface area contributed by atoms with Crippen LogP contribution in [0.1, 0.15) is 35.2 Å². The van der Waals surface area contributed by atoms with E-state index < -0.39 is 0 Å². The number of benzene rings is 2. The fourth-order valence-corrected chi connectivity index (χ4v) is 5.09. The molecule has 0 saturated carbocycles. The summed E-state index contributed by atoms with van der Waals surface area (Å²) in [6, 6.07) is 15.4. The monoisotopic (exact) mass is 646 g/mol. The number of H-pyrrole nitrogens is 1. The van der Waals surface area contributed by atoms with Crippen LogP contribution in [0.3, 0.4) is 0 Å². The molecule has 0 aliphatic carbocycles. The van der Waals surface area contributed by atoms with Gasteiger partial charge >= 0.3 is 0 Å². The maximum Gasteiger partial charge on any atom is 0.251 e. The number of aryl methyl sites for hydroxylation is 2. The zero-order chi connectivity index (χ0) is 30.1. The summed E-state index contributed by atoms with van der Waals surface area (Å²) in [6.07, 6.45) is 4.08. The molecule has 13 heteroatoms. The van der Waals surface area contributed by atoms with Crippen molar-refractivity contribution in [3.63, 3.8) is 0 Å². The van der Waals surface area contributed by atoms with Crippen LogP contribution in [0.5, 0.6) is 0 Å². The molecule has 6 N–H and O–H groups in total. The molecule has 4 rings (SSSR count). The lowest BCUT2D eigenvalue weighted by molar-refractivity contribution is -0.116. The summed E-state index contributed by atoms with van der Waals surface area (Å²) in [5, 5.41) is 13.0. The van der Waals surface area contributed by atoms with Crippen LogP contribution in [0.25, 0.3) is 22.6 Å². The molecule has 2 heterocycles. The summed E-state index contributed by atoms with van der Waals surface area (Å²) in [6.45, 7) is 1.79. The van der Waals surface area contributed by atoms with Crippen molar-refractivity contribution in [1.82, 2.24) is 19.9 Å². The van der Waals surface area contributed by atoms with E-state index in [-0.39, 0.29) is 30.1 Å². The fourth-order valence-electron chi connectivity index (χ4n) is 4.68. The van der Waals surface area contributed by atoms with E-state index in [0.717, 1.165) is 48.3 Å². The van der Waals surface area contributed by atoms with E-state index in [4.69, 9.17) is 34.3 Å². The summed E-state index contributed by atoms with van der Waals surface area (Å²) in [4.78, 5) is 35.2. The number of amides is 2. The molecule has 0 bridgehead atoms. The molecule has 0 aliphatic heterocycles. The number of nitrogens with zero attached hydrogens (tertiary/aromatic N) is 3. The molecule has 0 saturated heterocycles. The normalized spacial score (nSPS) is 10.8. The highest BCUT2D eigenvalue weighted by molar-refractivity contribution is 6.18. The number of carbonyl (C=O) groups is 2. The molecule has 43 heavy (non-hydrogen) atoms. The first-order valence-electron chi connectivity index (χ1n) is 13.8. The first-order chi connectivity index (χ1) is 20.3. The Bertz CT molecular complexity index is 1530. The Morgan fingerprint density at radius 2 is 1.79 bits per heavy atom. The van der Waals surface area contributed by atoms with Gasteiger partial charge in [0.2, 0.25) is 5.91 Å². The second kappa shape index (κ2) is 16.2. The number of nitrogens with two attached hydrogens (primary N) is 1. The predicted octanol–water partition coefficient (Wildman–Crippen LogP) is 5.29. The molecule has 0 aliphatic rings. The smallest absolute Gasteiger partial charge is 0.251 e. The van der Waals surface area contributed by atoms with E-state index in [2.05, 4.69) is 49.8 Å². The van der Waals surface area contributed by atoms with E-state index in [1.807, 2.05) is 23.9 Å². The van der Waals surface area contributed by atoms with Crippen molar-refractivity contribution < 1.29 is 9.59 Å². The number of aromatic amines is 1. The van der Waals surface area contributed by atoms with Gasteiger partial charge in [0.25, 0.3) is 5.91 Å². The zero-order valence-corrected chi connectivity index (χ0v) is 26.3. The summed E-state index contributed by atoms with van der Waals surface area (Å²) in [7, 11) is 1.89. The predicted molar refractivity (Wildman–Crippen MR) is 178 cm³/mol. The maximum atomic E-state index is 12.7. The van der Waals surface area contributed by atoms with Crippen LogP contribution in [0.15, 0.2) is 54.7 Å². The van der Waals surface area contributed by atoms with Gasteiger partial charge in [-0.15, -0.1) is 35.6 Å². The molecule has 0 unspecified atom stereocenters. The molecule has 0 radical (unpaired) electrons. The number of hydrogen-bond acceptors (Lipinski definition) is 5. The highest BCUT2D eigenvalue weighted by Crippen LogP contribution is 2.25. The van der Waals surface area contributed by atoms with Gasteiger partial charge in [-0.2, -0.15) is 0 Å². The van der Waals surface area contributed by atoms with Crippen molar-refractivity contribution in [1.29, 1.82) is 5.41 Å². The summed E-state index contributed by atoms with van der Waals surface area (Å²) in [5.41, 5.74) is 11.0. The minimum Gasteiger partial charge on any atom is -0.388 e. The highest BCUT2D eigenvalue weighted by atomic mass is 35.5. The highest BCUT2D eigenvalue weighted by Gasteiger charge is 2.14. The second-order valence-electron chi connectivity index (χ2n) is 10.0. The van der Waals surface area contributed by atoms with Crippen LogP contribution < -0.4 is 21.3 Å². The number of nitrogens with one attached hydrogen (secondary N) is 4. The van der Waals surface area contributed by atoms with Crippen molar-refractivity contribution in [2.75, 3.05) is 41.6 Å². The number of anilines is 2. The molecule has 0 fully saturated rings. The Morgan fingerprint density at radius 3 is 2.47 bits per heavy atom. The molecular formula is C30H37Cl3N8O2. The van der Waals surface area contributed by atoms with E-state index in [1.165, 1.54) is 5.56 Å². The van der Waals surface area contributed by atoms with E-state index >= 15 is 0 Å². The molecule has 0 spiro atoms. The summed E-state index contributed by atoms with van der Waals surface area (Å²) in [5.74, 6) is 1.44. The lowest BCUT2D eigenvalue weighted by atomic mass is 10.1. The van der Waals surface area contributed by atoms with Crippen molar-refractivity contribution in [2.24, 2.45) is 12.8 Å². The van der Waals surface area contributed by atoms with Crippen molar-refractivity contribution in [2.45, 2.75) is 25.7 Å². The van der Waals surface area contributed by atoms with Gasteiger partial charge in [0.05, 0.1) is 28.3 Å². The lowest BCUT2D eigenvalue weighted by Crippen LogP contribution is -2.27. The molecule has 4 aromatic rings. The summed E-state index contributed by atoms with van der Waals surface area (Å²) >= 11 is 11.8. The van der Waals surface area contributed by atoms with Crippen molar-refractivity contribution in [3.05, 3.63) is 65.9 Å². The number of fused-ring (bicyclic) bond motifs is 1. The van der Waals surface area contributed by atoms with E-state index in [0.29, 0.717) is 48.2 Å². The van der Waals surface area contributed by atoms with Crippen LogP contribution in [0.2, 0.25) is 0 Å². The number of amidine groups is 1. The minimum absolute atomic E-state index is 0. The second-order valence-corrected chi connectivity index (χ2v) is 10.8. The van der Waals surface area contributed by atoms with E-state index in [9.17, 15) is 9.59 Å². The first kappa shape index (κ1) is 33.8. The molecule has 10 nitrogen and oxygen atoms in total. The third-order valence-corrected chi connectivity index (χ3v) is 7.17. The number of carbonyl (C=O) groups excluding carboxylic acids is 2. The number of halogens is 3. The quantitative estimate of drug-likeness (QED) is 0.0676. The first-order valence-corrected chi connectivity index (χ1v) is 14.9. The SMILES string of the molecule is Cl.Cn1cc(NC(=O)CCCc2ccc(N(CCCl)CCCl)cc2)cc1-c1nc2ccc(C(=O)NCCC(=N)N)cc2[nH]1. The minimum atomic E-state index is -0.244. The van der Waals surface area contributed by atoms with Crippen molar-refractivity contribution in [3.8, 4) is 11.5 Å². The Kier molecular flexibility index (Phi) is 12.7. The zero-order valence-electron chi connectivity index (χ0n) is 24.0. The van der Waals surface area contributed by atoms with Crippen LogP contribution in [-0.4, -0.2) is 63.6 Å². The standard InChI is InChI=1S/C30H36Cl2N8O2.ClH/c1-39-19-22(36-28(41)4-2-3-20-5-8-23(9-6-20)40(15-12-31)16-13-32)18-26(39)29-37-24-10-7-21(17-25(24)38-29)30(42)35-14-11-27(33)34;/h5-10,17-19H,2-4,11-16H2,1H3,(H3,33,34)(H,35,42)(H,36,41)(H,37,38);1H. The van der Waals surface area contributed by atoms with Gasteiger partial charge in [-0.1, -0.05) is 12.1 Å². The third-order valence-electron chi connectivity index (χ3n) is 6.83. The average molecular weight is 648 g/mol. The van der Waals surface area contributed by atoms with Crippen LogP contribution >= 0.6 is 35.6 Å². The van der Waals surface area contributed by atoms with Crippen molar-refractivity contribution >= 4 is 75.7 Å². The van der Waals surface area contributed by atoms with Gasteiger partial charge in [-0.25, -0.2) is 4.98 Å². The Labute approximate surface area is 267 Å². The van der Waals surface area contributed by atoms with Gasteiger partial charge < -0.3 is 30.8 Å². The van der Waals surface area contributed by atoms with Gasteiger partial charge in [-0.05, 0) is 54.8 Å². The molecular weight excluding hydrogens is 611 g/mol. The fraction of sp³-hybridized carbons (Fsp3) is 0.333. The topological polar surface area (TPSA) is 145 Å². The number of hydrogen-bond donors (Lipinski definition) is 5. The van der Waals surface area contributed by atoms with Crippen LogP contribution in [-0.2, 0) is 18.3 Å². The third kappa shape index (κ3) is 9.38. The maximum absolute atomic E-state index is 12.7. The number of aromatic nitrogens is 3.